The van der Waals surface area contributed by atoms with E-state index in [0.29, 0.717) is 6.54 Å². The lowest BCUT2D eigenvalue weighted by atomic mass is 10.1. The van der Waals surface area contributed by atoms with Crippen molar-refractivity contribution < 1.29 is 9.53 Å². The predicted molar refractivity (Wildman–Crippen MR) is 93.1 cm³/mol. The first-order valence-electron chi connectivity index (χ1n) is 8.46. The van der Waals surface area contributed by atoms with Crippen LogP contribution in [-0.2, 0) is 4.79 Å². The first-order chi connectivity index (χ1) is 11.1. The van der Waals surface area contributed by atoms with Gasteiger partial charge >= 0.3 is 0 Å². The number of aryl methyl sites for hydroxylation is 3. The minimum atomic E-state index is -0.0512. The molecule has 0 aromatic heterocycles. The van der Waals surface area contributed by atoms with E-state index in [-0.39, 0.29) is 12.5 Å². The fourth-order valence-corrected chi connectivity index (χ4v) is 3.05. The Morgan fingerprint density at radius 3 is 2.52 bits per heavy atom. The molecule has 128 valence electrons. The molecule has 0 spiro atoms. The van der Waals surface area contributed by atoms with Crippen LogP contribution >= 0.6 is 0 Å². The van der Waals surface area contributed by atoms with Gasteiger partial charge < -0.3 is 20.3 Å². The molecule has 0 unspecified atom stereocenters. The molecule has 1 fully saturated rings. The smallest absolute Gasteiger partial charge is 0.257 e. The average Bonchev–Trinajstić information content (AvgIpc) is 2.51. The van der Waals surface area contributed by atoms with Crippen molar-refractivity contribution in [2.24, 2.45) is 0 Å². The molecule has 1 aliphatic heterocycles. The summed E-state index contributed by atoms with van der Waals surface area (Å²) in [5.41, 5.74) is 3.37. The quantitative estimate of drug-likeness (QED) is 0.746. The number of nitrogens with one attached hydrogen (secondary N) is 2. The van der Waals surface area contributed by atoms with E-state index < -0.39 is 0 Å². The van der Waals surface area contributed by atoms with E-state index in [2.05, 4.69) is 34.6 Å². The third kappa shape index (κ3) is 5.84. The van der Waals surface area contributed by atoms with Crippen molar-refractivity contribution in [3.8, 4) is 5.75 Å². The molecule has 2 rings (SSSR count). The molecule has 0 radical (unpaired) electrons. The standard InChI is InChI=1S/C18H29N3O2/c1-14-11-15(2)18(16(3)12-14)23-13-17(22)20-5-4-8-21-9-6-19-7-10-21/h11-12,19H,4-10,13H2,1-3H3,(H,20,22). The van der Waals surface area contributed by atoms with Gasteiger partial charge in [-0.2, -0.15) is 0 Å². The summed E-state index contributed by atoms with van der Waals surface area (Å²) >= 11 is 0. The molecule has 5 heteroatoms. The zero-order valence-electron chi connectivity index (χ0n) is 14.6. The average molecular weight is 319 g/mol. The van der Waals surface area contributed by atoms with Gasteiger partial charge in [0.2, 0.25) is 0 Å². The van der Waals surface area contributed by atoms with Crippen molar-refractivity contribution in [2.45, 2.75) is 27.2 Å². The summed E-state index contributed by atoms with van der Waals surface area (Å²) in [4.78, 5) is 14.3. The Balaban J connectivity index is 1.65. The molecule has 23 heavy (non-hydrogen) atoms. The van der Waals surface area contributed by atoms with Crippen LogP contribution in [0.15, 0.2) is 12.1 Å². The number of piperazine rings is 1. The van der Waals surface area contributed by atoms with Gasteiger partial charge in [0, 0.05) is 32.7 Å². The molecule has 0 saturated carbocycles. The highest BCUT2D eigenvalue weighted by atomic mass is 16.5. The van der Waals surface area contributed by atoms with Crippen molar-refractivity contribution >= 4 is 5.91 Å². The third-order valence-corrected chi connectivity index (χ3v) is 4.14. The minimum Gasteiger partial charge on any atom is -0.483 e. The Morgan fingerprint density at radius 1 is 1.22 bits per heavy atom. The lowest BCUT2D eigenvalue weighted by molar-refractivity contribution is -0.123. The second-order valence-corrected chi connectivity index (χ2v) is 6.31. The summed E-state index contributed by atoms with van der Waals surface area (Å²) in [6.45, 7) is 12.3. The summed E-state index contributed by atoms with van der Waals surface area (Å²) in [6.07, 6.45) is 0.980. The first-order valence-corrected chi connectivity index (χ1v) is 8.46. The van der Waals surface area contributed by atoms with Crippen LogP contribution in [0, 0.1) is 20.8 Å². The Kier molecular flexibility index (Phi) is 6.86. The number of hydrogen-bond acceptors (Lipinski definition) is 4. The number of ether oxygens (including phenoxy) is 1. The van der Waals surface area contributed by atoms with Crippen LogP contribution in [-0.4, -0.2) is 56.7 Å². The third-order valence-electron chi connectivity index (χ3n) is 4.14. The molecule has 1 heterocycles. The van der Waals surface area contributed by atoms with Gasteiger partial charge in [-0.15, -0.1) is 0 Å². The van der Waals surface area contributed by atoms with Crippen molar-refractivity contribution in [1.29, 1.82) is 0 Å². The molecule has 5 nitrogen and oxygen atoms in total. The molecular weight excluding hydrogens is 290 g/mol. The topological polar surface area (TPSA) is 53.6 Å². The fraction of sp³-hybridized carbons (Fsp3) is 0.611. The predicted octanol–water partition coefficient (Wildman–Crippen LogP) is 1.40. The maximum absolute atomic E-state index is 11.9. The monoisotopic (exact) mass is 319 g/mol. The van der Waals surface area contributed by atoms with E-state index in [1.807, 2.05) is 13.8 Å². The molecule has 0 aliphatic carbocycles. The largest absolute Gasteiger partial charge is 0.483 e. The Bertz CT molecular complexity index is 502. The second-order valence-electron chi connectivity index (χ2n) is 6.31. The van der Waals surface area contributed by atoms with E-state index in [4.69, 9.17) is 4.74 Å². The van der Waals surface area contributed by atoms with Crippen molar-refractivity contribution in [3.05, 3.63) is 28.8 Å². The van der Waals surface area contributed by atoms with Gasteiger partial charge in [0.15, 0.2) is 6.61 Å². The van der Waals surface area contributed by atoms with Gasteiger partial charge in [-0.3, -0.25) is 4.79 Å². The Morgan fingerprint density at radius 2 is 1.87 bits per heavy atom. The van der Waals surface area contributed by atoms with Crippen LogP contribution in [0.1, 0.15) is 23.1 Å². The summed E-state index contributed by atoms with van der Waals surface area (Å²) in [5, 5.41) is 6.28. The number of carbonyl (C=O) groups is 1. The maximum Gasteiger partial charge on any atom is 0.257 e. The normalized spacial score (nSPS) is 15.4. The molecule has 1 aromatic carbocycles. The number of amides is 1. The molecular formula is C18H29N3O2. The van der Waals surface area contributed by atoms with Crippen LogP contribution in [0.4, 0.5) is 0 Å². The SMILES string of the molecule is Cc1cc(C)c(OCC(=O)NCCCN2CCNCC2)c(C)c1. The van der Waals surface area contributed by atoms with E-state index in [0.717, 1.165) is 56.0 Å². The lowest BCUT2D eigenvalue weighted by Gasteiger charge is -2.27. The Hall–Kier alpha value is -1.59. The highest BCUT2D eigenvalue weighted by molar-refractivity contribution is 5.77. The second kappa shape index (κ2) is 8.89. The van der Waals surface area contributed by atoms with Gasteiger partial charge in [-0.05, 0) is 44.9 Å². The van der Waals surface area contributed by atoms with Crippen LogP contribution in [0.3, 0.4) is 0 Å². The number of benzene rings is 1. The van der Waals surface area contributed by atoms with Crippen molar-refractivity contribution in [3.63, 3.8) is 0 Å². The van der Waals surface area contributed by atoms with Crippen molar-refractivity contribution in [1.82, 2.24) is 15.5 Å². The lowest BCUT2D eigenvalue weighted by Crippen LogP contribution is -2.44. The summed E-state index contributed by atoms with van der Waals surface area (Å²) in [6, 6.07) is 4.15. The molecule has 1 amide bonds. The summed E-state index contributed by atoms with van der Waals surface area (Å²) < 4.78 is 5.70. The van der Waals surface area contributed by atoms with Gasteiger partial charge in [0.25, 0.3) is 5.91 Å². The molecule has 2 N–H and O–H groups in total. The number of hydrogen-bond donors (Lipinski definition) is 2. The zero-order valence-corrected chi connectivity index (χ0v) is 14.6. The number of carbonyl (C=O) groups excluding carboxylic acids is 1. The molecule has 0 bridgehead atoms. The highest BCUT2D eigenvalue weighted by Crippen LogP contribution is 2.24. The van der Waals surface area contributed by atoms with Crippen LogP contribution in [0.25, 0.3) is 0 Å². The van der Waals surface area contributed by atoms with Gasteiger partial charge in [-0.1, -0.05) is 17.7 Å². The van der Waals surface area contributed by atoms with E-state index in [1.54, 1.807) is 0 Å². The number of nitrogens with zero attached hydrogens (tertiary/aromatic N) is 1. The maximum atomic E-state index is 11.9. The van der Waals surface area contributed by atoms with Crippen LogP contribution < -0.4 is 15.4 Å². The summed E-state index contributed by atoms with van der Waals surface area (Å²) in [7, 11) is 0. The molecule has 1 aliphatic rings. The molecule has 1 aromatic rings. The van der Waals surface area contributed by atoms with E-state index in [1.165, 1.54) is 5.56 Å². The molecule has 1 saturated heterocycles. The number of rotatable bonds is 7. The highest BCUT2D eigenvalue weighted by Gasteiger charge is 2.10. The van der Waals surface area contributed by atoms with Crippen LogP contribution in [0.2, 0.25) is 0 Å². The van der Waals surface area contributed by atoms with Gasteiger partial charge in [0.1, 0.15) is 5.75 Å². The van der Waals surface area contributed by atoms with E-state index >= 15 is 0 Å². The Labute approximate surface area is 139 Å². The molecule has 0 atom stereocenters. The van der Waals surface area contributed by atoms with Gasteiger partial charge in [-0.25, -0.2) is 0 Å². The summed E-state index contributed by atoms with van der Waals surface area (Å²) in [5.74, 6) is 0.774. The minimum absolute atomic E-state index is 0.0512. The van der Waals surface area contributed by atoms with Crippen molar-refractivity contribution in [2.75, 3.05) is 45.9 Å². The zero-order chi connectivity index (χ0) is 16.7. The van der Waals surface area contributed by atoms with Crippen LogP contribution in [0.5, 0.6) is 5.75 Å². The fourth-order valence-electron chi connectivity index (χ4n) is 3.05. The van der Waals surface area contributed by atoms with E-state index in [9.17, 15) is 4.79 Å². The van der Waals surface area contributed by atoms with Gasteiger partial charge in [0.05, 0.1) is 0 Å². The first kappa shape index (κ1) is 17.8.